The first kappa shape index (κ1) is 12.9. The quantitative estimate of drug-likeness (QED) is 0.746. The molecule has 1 aromatic carbocycles. The third kappa shape index (κ3) is 2.20. The maximum atomic E-state index is 6.11. The Kier molecular flexibility index (Phi) is 3.04. The molecule has 0 unspecified atom stereocenters. The molecule has 3 heterocycles. The highest BCUT2D eigenvalue weighted by Crippen LogP contribution is 2.36. The summed E-state index contributed by atoms with van der Waals surface area (Å²) in [5, 5.41) is 0. The predicted octanol–water partition coefficient (Wildman–Crippen LogP) is 3.04. The van der Waals surface area contributed by atoms with E-state index >= 15 is 0 Å². The third-order valence-electron chi connectivity index (χ3n) is 3.67. The Morgan fingerprint density at radius 1 is 0.955 bits per heavy atom. The summed E-state index contributed by atoms with van der Waals surface area (Å²) in [6, 6.07) is 11.5. The number of benzene rings is 1. The highest BCUT2D eigenvalue weighted by Gasteiger charge is 2.13. The lowest BCUT2D eigenvalue weighted by Crippen LogP contribution is -1.97. The van der Waals surface area contributed by atoms with Crippen LogP contribution in [-0.4, -0.2) is 23.2 Å². The summed E-state index contributed by atoms with van der Waals surface area (Å²) in [5.41, 5.74) is 9.52. The molecule has 22 heavy (non-hydrogen) atoms. The van der Waals surface area contributed by atoms with Crippen LogP contribution in [0.3, 0.4) is 0 Å². The van der Waals surface area contributed by atoms with Crippen LogP contribution in [0, 0.1) is 0 Å². The smallest absolute Gasteiger partial charge is 0.161 e. The van der Waals surface area contributed by atoms with E-state index in [0.29, 0.717) is 19.0 Å². The number of ether oxygens (including phenoxy) is 2. The first-order valence-corrected chi connectivity index (χ1v) is 7.22. The molecule has 0 bridgehead atoms. The zero-order valence-corrected chi connectivity index (χ0v) is 12.0. The van der Waals surface area contributed by atoms with E-state index < -0.39 is 0 Å². The molecule has 1 aliphatic heterocycles. The van der Waals surface area contributed by atoms with Gasteiger partial charge in [-0.2, -0.15) is 0 Å². The van der Waals surface area contributed by atoms with E-state index in [4.69, 9.17) is 15.2 Å². The second kappa shape index (κ2) is 5.18. The fourth-order valence-corrected chi connectivity index (χ4v) is 2.58. The number of nitrogens with two attached hydrogens (primary N) is 1. The van der Waals surface area contributed by atoms with Crippen LogP contribution in [0.5, 0.6) is 11.5 Å². The van der Waals surface area contributed by atoms with Crippen molar-refractivity contribution in [3.8, 4) is 22.6 Å². The van der Waals surface area contributed by atoms with Crippen molar-refractivity contribution in [2.24, 2.45) is 0 Å². The number of nitrogen functional groups attached to an aromatic ring is 1. The van der Waals surface area contributed by atoms with Crippen LogP contribution in [0.25, 0.3) is 22.2 Å². The molecular formula is C17H15N3O2. The van der Waals surface area contributed by atoms with Gasteiger partial charge in [0, 0.05) is 18.2 Å². The molecule has 110 valence electrons. The molecule has 0 saturated carbocycles. The van der Waals surface area contributed by atoms with Crippen molar-refractivity contribution in [3.05, 3.63) is 42.6 Å². The standard InChI is InChI=1S/C17H15N3O2/c18-17-12(10-14-13(20-17)3-1-6-19-14)11-4-5-15-16(9-11)22-8-2-7-21-15/h1,3-6,9-10H,2,7-8H2,(H2,18,20). The zero-order chi connectivity index (χ0) is 14.9. The summed E-state index contributed by atoms with van der Waals surface area (Å²) in [4.78, 5) is 8.76. The minimum absolute atomic E-state index is 0.481. The molecule has 5 heteroatoms. The summed E-state index contributed by atoms with van der Waals surface area (Å²) in [6.07, 6.45) is 2.63. The lowest BCUT2D eigenvalue weighted by molar-refractivity contribution is 0.297. The molecule has 4 rings (SSSR count). The second-order valence-electron chi connectivity index (χ2n) is 5.17. The number of rotatable bonds is 1. The SMILES string of the molecule is Nc1nc2cccnc2cc1-c1ccc2c(c1)OCCCO2. The minimum Gasteiger partial charge on any atom is -0.490 e. The van der Waals surface area contributed by atoms with Gasteiger partial charge in [-0.1, -0.05) is 6.07 Å². The molecule has 2 aromatic heterocycles. The second-order valence-corrected chi connectivity index (χ2v) is 5.17. The molecule has 0 fully saturated rings. The topological polar surface area (TPSA) is 70.3 Å². The lowest BCUT2D eigenvalue weighted by atomic mass is 10.0. The van der Waals surface area contributed by atoms with Crippen molar-refractivity contribution in [1.29, 1.82) is 0 Å². The van der Waals surface area contributed by atoms with Gasteiger partial charge in [-0.05, 0) is 35.9 Å². The summed E-state index contributed by atoms with van der Waals surface area (Å²) >= 11 is 0. The zero-order valence-electron chi connectivity index (χ0n) is 12.0. The van der Waals surface area contributed by atoms with E-state index in [-0.39, 0.29) is 0 Å². The molecule has 5 nitrogen and oxygen atoms in total. The van der Waals surface area contributed by atoms with E-state index in [1.807, 2.05) is 36.4 Å². The van der Waals surface area contributed by atoms with Crippen LogP contribution >= 0.6 is 0 Å². The van der Waals surface area contributed by atoms with Crippen LogP contribution in [0.4, 0.5) is 5.82 Å². The number of hydrogen-bond acceptors (Lipinski definition) is 5. The fourth-order valence-electron chi connectivity index (χ4n) is 2.58. The average molecular weight is 293 g/mol. The van der Waals surface area contributed by atoms with E-state index in [0.717, 1.165) is 40.1 Å². The maximum absolute atomic E-state index is 6.11. The van der Waals surface area contributed by atoms with Crippen LogP contribution in [0.1, 0.15) is 6.42 Å². The highest BCUT2D eigenvalue weighted by molar-refractivity contribution is 5.86. The lowest BCUT2D eigenvalue weighted by Gasteiger charge is -2.11. The Morgan fingerprint density at radius 2 is 1.82 bits per heavy atom. The van der Waals surface area contributed by atoms with Gasteiger partial charge in [0.15, 0.2) is 11.5 Å². The van der Waals surface area contributed by atoms with Crippen LogP contribution in [-0.2, 0) is 0 Å². The highest BCUT2D eigenvalue weighted by atomic mass is 16.5. The predicted molar refractivity (Wildman–Crippen MR) is 85.0 cm³/mol. The Morgan fingerprint density at radius 3 is 2.73 bits per heavy atom. The molecule has 0 saturated heterocycles. The van der Waals surface area contributed by atoms with E-state index in [1.165, 1.54) is 0 Å². The van der Waals surface area contributed by atoms with Gasteiger partial charge < -0.3 is 15.2 Å². The molecule has 0 spiro atoms. The van der Waals surface area contributed by atoms with Crippen molar-refractivity contribution < 1.29 is 9.47 Å². The van der Waals surface area contributed by atoms with Gasteiger partial charge in [0.05, 0.1) is 24.2 Å². The molecule has 3 aromatic rings. The van der Waals surface area contributed by atoms with Crippen LogP contribution in [0.2, 0.25) is 0 Å². The van der Waals surface area contributed by atoms with Crippen molar-refractivity contribution >= 4 is 16.9 Å². The maximum Gasteiger partial charge on any atom is 0.161 e. The number of hydrogen-bond donors (Lipinski definition) is 1. The van der Waals surface area contributed by atoms with Gasteiger partial charge in [-0.25, -0.2) is 4.98 Å². The van der Waals surface area contributed by atoms with Gasteiger partial charge >= 0.3 is 0 Å². The molecule has 2 N–H and O–H groups in total. The van der Waals surface area contributed by atoms with Crippen molar-refractivity contribution in [1.82, 2.24) is 9.97 Å². The Labute approximate surface area is 127 Å². The number of pyridine rings is 2. The Hall–Kier alpha value is -2.82. The molecule has 0 radical (unpaired) electrons. The number of anilines is 1. The largest absolute Gasteiger partial charge is 0.490 e. The average Bonchev–Trinajstić information content (AvgIpc) is 2.78. The van der Waals surface area contributed by atoms with Crippen LogP contribution in [0.15, 0.2) is 42.6 Å². The summed E-state index contributed by atoms with van der Waals surface area (Å²) < 4.78 is 11.4. The van der Waals surface area contributed by atoms with Crippen molar-refractivity contribution in [3.63, 3.8) is 0 Å². The van der Waals surface area contributed by atoms with Gasteiger partial charge in [-0.3, -0.25) is 4.98 Å². The van der Waals surface area contributed by atoms with Crippen molar-refractivity contribution in [2.45, 2.75) is 6.42 Å². The molecular weight excluding hydrogens is 278 g/mol. The Balaban J connectivity index is 1.84. The van der Waals surface area contributed by atoms with E-state index in [9.17, 15) is 0 Å². The fraction of sp³-hybridized carbons (Fsp3) is 0.176. The van der Waals surface area contributed by atoms with Gasteiger partial charge in [0.25, 0.3) is 0 Å². The van der Waals surface area contributed by atoms with Crippen molar-refractivity contribution in [2.75, 3.05) is 18.9 Å². The van der Waals surface area contributed by atoms with E-state index in [2.05, 4.69) is 9.97 Å². The first-order chi connectivity index (χ1) is 10.8. The summed E-state index contributed by atoms with van der Waals surface area (Å²) in [7, 11) is 0. The molecule has 0 aliphatic carbocycles. The number of aromatic nitrogens is 2. The summed E-state index contributed by atoms with van der Waals surface area (Å²) in [5.74, 6) is 2.00. The molecule has 1 aliphatic rings. The molecule has 0 atom stereocenters. The third-order valence-corrected chi connectivity index (χ3v) is 3.67. The number of fused-ring (bicyclic) bond motifs is 2. The van der Waals surface area contributed by atoms with Gasteiger partial charge in [-0.15, -0.1) is 0 Å². The minimum atomic E-state index is 0.481. The van der Waals surface area contributed by atoms with Gasteiger partial charge in [0.2, 0.25) is 0 Å². The molecule has 0 amide bonds. The normalized spacial score (nSPS) is 13.8. The Bertz CT molecular complexity index is 848. The number of nitrogens with zero attached hydrogens (tertiary/aromatic N) is 2. The summed E-state index contributed by atoms with van der Waals surface area (Å²) in [6.45, 7) is 1.33. The van der Waals surface area contributed by atoms with E-state index in [1.54, 1.807) is 6.20 Å². The first-order valence-electron chi connectivity index (χ1n) is 7.22. The van der Waals surface area contributed by atoms with Gasteiger partial charge in [0.1, 0.15) is 5.82 Å². The van der Waals surface area contributed by atoms with Crippen LogP contribution < -0.4 is 15.2 Å². The monoisotopic (exact) mass is 293 g/mol.